The highest BCUT2D eigenvalue weighted by atomic mass is 16.5. The predicted octanol–water partition coefficient (Wildman–Crippen LogP) is 2.51. The number of likely N-dealkylation sites (tertiary alicyclic amines) is 1. The van der Waals surface area contributed by atoms with Crippen LogP contribution >= 0.6 is 0 Å². The fraction of sp³-hybridized carbons (Fsp3) is 1.00. The van der Waals surface area contributed by atoms with Crippen LogP contribution < -0.4 is 5.32 Å². The zero-order chi connectivity index (χ0) is 13.2. The Kier molecular flexibility index (Phi) is 8.64. The molecule has 1 heterocycles. The van der Waals surface area contributed by atoms with E-state index in [0.29, 0.717) is 12.0 Å². The average molecular weight is 256 g/mol. The molecule has 0 radical (unpaired) electrons. The lowest BCUT2D eigenvalue weighted by molar-refractivity contribution is 0.109. The molecule has 0 bridgehead atoms. The number of ether oxygens (including phenoxy) is 1. The lowest BCUT2D eigenvalue weighted by Crippen LogP contribution is -2.33. The molecule has 1 saturated heterocycles. The number of hydrogen-bond donors (Lipinski definition) is 1. The topological polar surface area (TPSA) is 24.5 Å². The van der Waals surface area contributed by atoms with E-state index >= 15 is 0 Å². The molecule has 0 spiro atoms. The van der Waals surface area contributed by atoms with Gasteiger partial charge in [-0.1, -0.05) is 20.8 Å². The number of hydrogen-bond acceptors (Lipinski definition) is 3. The van der Waals surface area contributed by atoms with E-state index in [0.717, 1.165) is 19.8 Å². The molecule has 0 aromatic rings. The highest BCUT2D eigenvalue weighted by Crippen LogP contribution is 2.11. The molecule has 0 aliphatic carbocycles. The molecule has 0 saturated carbocycles. The Bertz CT molecular complexity index is 197. The van der Waals surface area contributed by atoms with Crippen molar-refractivity contribution in [3.8, 4) is 0 Å². The van der Waals surface area contributed by atoms with Gasteiger partial charge in [-0.25, -0.2) is 0 Å². The van der Waals surface area contributed by atoms with Gasteiger partial charge in [0.2, 0.25) is 0 Å². The molecule has 0 aromatic heterocycles. The second-order valence-electron chi connectivity index (χ2n) is 5.89. The zero-order valence-corrected chi connectivity index (χ0v) is 12.6. The summed E-state index contributed by atoms with van der Waals surface area (Å²) in [4.78, 5) is 2.61. The minimum absolute atomic E-state index is 0.644. The first kappa shape index (κ1) is 15.9. The maximum Gasteiger partial charge on any atom is 0.0591 e. The molecule has 3 nitrogen and oxygen atoms in total. The van der Waals surface area contributed by atoms with Crippen molar-refractivity contribution in [2.45, 2.75) is 52.5 Å². The molecule has 18 heavy (non-hydrogen) atoms. The van der Waals surface area contributed by atoms with Gasteiger partial charge in [-0.15, -0.1) is 0 Å². The van der Waals surface area contributed by atoms with Gasteiger partial charge in [0.25, 0.3) is 0 Å². The smallest absolute Gasteiger partial charge is 0.0591 e. The van der Waals surface area contributed by atoms with Crippen molar-refractivity contribution >= 4 is 0 Å². The predicted molar refractivity (Wildman–Crippen MR) is 78.0 cm³/mol. The molecule has 0 amide bonds. The fourth-order valence-electron chi connectivity index (χ4n) is 2.55. The van der Waals surface area contributed by atoms with Crippen molar-refractivity contribution in [1.82, 2.24) is 10.2 Å². The summed E-state index contributed by atoms with van der Waals surface area (Å²) >= 11 is 0. The molecule has 3 heteroatoms. The standard InChI is InChI=1S/C15H32N2O/c1-4-9-17-10-5-6-15(7-11-17)16-8-12-18-13-14(2)3/h14-16H,4-13H2,1-3H3. The van der Waals surface area contributed by atoms with Crippen LogP contribution in [0.25, 0.3) is 0 Å². The summed E-state index contributed by atoms with van der Waals surface area (Å²) in [7, 11) is 0. The van der Waals surface area contributed by atoms with Crippen molar-refractivity contribution in [1.29, 1.82) is 0 Å². The van der Waals surface area contributed by atoms with Crippen LogP contribution in [0.5, 0.6) is 0 Å². The second-order valence-corrected chi connectivity index (χ2v) is 5.89. The largest absolute Gasteiger partial charge is 0.380 e. The van der Waals surface area contributed by atoms with Crippen LogP contribution in [0.1, 0.15) is 46.5 Å². The lowest BCUT2D eigenvalue weighted by Gasteiger charge is -2.19. The first-order valence-corrected chi connectivity index (χ1v) is 7.75. The molecule has 1 fully saturated rings. The summed E-state index contributed by atoms with van der Waals surface area (Å²) in [6.45, 7) is 13.2. The minimum Gasteiger partial charge on any atom is -0.380 e. The van der Waals surface area contributed by atoms with Crippen LogP contribution in [0.4, 0.5) is 0 Å². The lowest BCUT2D eigenvalue weighted by atomic mass is 10.1. The van der Waals surface area contributed by atoms with Gasteiger partial charge in [0.15, 0.2) is 0 Å². The van der Waals surface area contributed by atoms with Gasteiger partial charge >= 0.3 is 0 Å². The van der Waals surface area contributed by atoms with E-state index < -0.39 is 0 Å². The average Bonchev–Trinajstić information content (AvgIpc) is 2.55. The molecule has 1 aliphatic heterocycles. The Hall–Kier alpha value is -0.120. The van der Waals surface area contributed by atoms with E-state index in [-0.39, 0.29) is 0 Å². The summed E-state index contributed by atoms with van der Waals surface area (Å²) in [5.74, 6) is 0.644. The summed E-state index contributed by atoms with van der Waals surface area (Å²) in [6.07, 6.45) is 5.24. The molecule has 0 aromatic carbocycles. The van der Waals surface area contributed by atoms with E-state index in [1.54, 1.807) is 0 Å². The number of nitrogens with one attached hydrogen (secondary N) is 1. The van der Waals surface area contributed by atoms with Crippen molar-refractivity contribution in [3.05, 3.63) is 0 Å². The summed E-state index contributed by atoms with van der Waals surface area (Å²) < 4.78 is 5.60. The highest BCUT2D eigenvalue weighted by Gasteiger charge is 2.15. The summed E-state index contributed by atoms with van der Waals surface area (Å²) in [6, 6.07) is 0.703. The first-order chi connectivity index (χ1) is 8.72. The van der Waals surface area contributed by atoms with Gasteiger partial charge in [-0.05, 0) is 51.2 Å². The van der Waals surface area contributed by atoms with E-state index in [1.165, 1.54) is 45.3 Å². The minimum atomic E-state index is 0.644. The Morgan fingerprint density at radius 1 is 1.28 bits per heavy atom. The molecular weight excluding hydrogens is 224 g/mol. The van der Waals surface area contributed by atoms with Gasteiger partial charge in [-0.2, -0.15) is 0 Å². The third kappa shape index (κ3) is 7.34. The SMILES string of the molecule is CCCN1CCCC(NCCOCC(C)C)CC1. The highest BCUT2D eigenvalue weighted by molar-refractivity contribution is 4.74. The molecule has 1 unspecified atom stereocenters. The van der Waals surface area contributed by atoms with Crippen molar-refractivity contribution < 1.29 is 4.74 Å². The van der Waals surface area contributed by atoms with Gasteiger partial charge in [0.1, 0.15) is 0 Å². The summed E-state index contributed by atoms with van der Waals surface area (Å²) in [5, 5.41) is 3.65. The van der Waals surface area contributed by atoms with Crippen LogP contribution in [-0.4, -0.2) is 50.3 Å². The van der Waals surface area contributed by atoms with Crippen LogP contribution in [0.2, 0.25) is 0 Å². The zero-order valence-electron chi connectivity index (χ0n) is 12.6. The van der Waals surface area contributed by atoms with Crippen molar-refractivity contribution in [2.75, 3.05) is 39.4 Å². The maximum absolute atomic E-state index is 5.60. The quantitative estimate of drug-likeness (QED) is 0.675. The fourth-order valence-corrected chi connectivity index (χ4v) is 2.55. The summed E-state index contributed by atoms with van der Waals surface area (Å²) in [5.41, 5.74) is 0. The Morgan fingerprint density at radius 3 is 2.83 bits per heavy atom. The van der Waals surface area contributed by atoms with Gasteiger partial charge in [0, 0.05) is 19.2 Å². The van der Waals surface area contributed by atoms with Gasteiger partial charge in [0.05, 0.1) is 6.61 Å². The van der Waals surface area contributed by atoms with E-state index in [1.807, 2.05) is 0 Å². The molecule has 1 aliphatic rings. The molecule has 1 rings (SSSR count). The molecule has 1 atom stereocenters. The normalized spacial score (nSPS) is 22.3. The monoisotopic (exact) mass is 256 g/mol. The maximum atomic E-state index is 5.60. The van der Waals surface area contributed by atoms with E-state index in [9.17, 15) is 0 Å². The van der Waals surface area contributed by atoms with Gasteiger partial charge < -0.3 is 15.0 Å². The Labute approximate surface area is 113 Å². The first-order valence-electron chi connectivity index (χ1n) is 7.75. The molecule has 1 N–H and O–H groups in total. The Balaban J connectivity index is 2.04. The van der Waals surface area contributed by atoms with Crippen LogP contribution in [0.3, 0.4) is 0 Å². The van der Waals surface area contributed by atoms with E-state index in [2.05, 4.69) is 31.0 Å². The van der Waals surface area contributed by atoms with Crippen molar-refractivity contribution in [2.24, 2.45) is 5.92 Å². The van der Waals surface area contributed by atoms with Crippen LogP contribution in [-0.2, 0) is 4.74 Å². The third-order valence-electron chi connectivity index (χ3n) is 3.49. The van der Waals surface area contributed by atoms with Crippen LogP contribution in [0, 0.1) is 5.92 Å². The molecular formula is C15H32N2O. The van der Waals surface area contributed by atoms with E-state index in [4.69, 9.17) is 4.74 Å². The number of nitrogens with zero attached hydrogens (tertiary/aromatic N) is 1. The van der Waals surface area contributed by atoms with Crippen molar-refractivity contribution in [3.63, 3.8) is 0 Å². The van der Waals surface area contributed by atoms with Crippen LogP contribution in [0.15, 0.2) is 0 Å². The third-order valence-corrected chi connectivity index (χ3v) is 3.49. The van der Waals surface area contributed by atoms with Gasteiger partial charge in [-0.3, -0.25) is 0 Å². The second kappa shape index (κ2) is 9.76. The number of rotatable bonds is 8. The Morgan fingerprint density at radius 2 is 2.11 bits per heavy atom. The molecule has 108 valence electrons.